The van der Waals surface area contributed by atoms with Crippen LogP contribution in [0.25, 0.3) is 0 Å². The number of carbonyl (C=O) groups excluding carboxylic acids is 4. The average molecular weight is 473 g/mol. The van der Waals surface area contributed by atoms with E-state index in [-0.39, 0.29) is 24.7 Å². The van der Waals surface area contributed by atoms with Gasteiger partial charge in [0.2, 0.25) is 23.6 Å². The minimum absolute atomic E-state index is 0.0380. The predicted octanol–water partition coefficient (Wildman–Crippen LogP) is -3.15. The van der Waals surface area contributed by atoms with E-state index in [1.807, 2.05) is 0 Å². The highest BCUT2D eigenvalue weighted by Gasteiger charge is 2.29. The molecule has 4 atom stereocenters. The Labute approximate surface area is 192 Å². The van der Waals surface area contributed by atoms with E-state index < -0.39 is 60.2 Å². The molecule has 0 aromatic carbocycles. The van der Waals surface area contributed by atoms with E-state index >= 15 is 0 Å². The molecule has 0 aliphatic rings. The highest BCUT2D eigenvalue weighted by molar-refractivity contribution is 5.94. The lowest BCUT2D eigenvalue weighted by molar-refractivity contribution is -0.143. The first kappa shape index (κ1) is 29.6. The van der Waals surface area contributed by atoms with Gasteiger partial charge in [0.25, 0.3) is 0 Å². The van der Waals surface area contributed by atoms with Gasteiger partial charge in [-0.2, -0.15) is 0 Å². The van der Waals surface area contributed by atoms with Gasteiger partial charge in [0.1, 0.15) is 18.1 Å². The summed E-state index contributed by atoms with van der Waals surface area (Å²) in [5.41, 5.74) is 21.3. The van der Waals surface area contributed by atoms with Crippen molar-refractivity contribution < 1.29 is 29.1 Å². The molecule has 0 aromatic heterocycles. The molecule has 0 aliphatic heterocycles. The van der Waals surface area contributed by atoms with Crippen LogP contribution in [0.15, 0.2) is 4.99 Å². The first-order chi connectivity index (χ1) is 15.2. The fourth-order valence-corrected chi connectivity index (χ4v) is 2.71. The van der Waals surface area contributed by atoms with Crippen LogP contribution in [0, 0.1) is 5.92 Å². The molecule has 0 aromatic rings. The molecule has 0 bridgehead atoms. The van der Waals surface area contributed by atoms with Crippen molar-refractivity contribution in [2.24, 2.45) is 33.8 Å². The third-order valence-corrected chi connectivity index (χ3v) is 4.42. The Balaban J connectivity index is 4.99. The zero-order valence-corrected chi connectivity index (χ0v) is 19.2. The third kappa shape index (κ3) is 12.9. The maximum Gasteiger partial charge on any atom is 0.326 e. The van der Waals surface area contributed by atoms with Crippen LogP contribution in [0.2, 0.25) is 0 Å². The lowest BCUT2D eigenvalue weighted by Gasteiger charge is -2.24. The smallest absolute Gasteiger partial charge is 0.326 e. The van der Waals surface area contributed by atoms with Crippen molar-refractivity contribution in [3.8, 4) is 0 Å². The van der Waals surface area contributed by atoms with Gasteiger partial charge in [0.05, 0.1) is 12.5 Å². The van der Waals surface area contributed by atoms with Crippen LogP contribution in [0.1, 0.15) is 46.5 Å². The molecule has 33 heavy (non-hydrogen) atoms. The first-order valence-corrected chi connectivity index (χ1v) is 10.5. The Kier molecular flexibility index (Phi) is 13.1. The van der Waals surface area contributed by atoms with Gasteiger partial charge in [0, 0.05) is 6.54 Å². The predicted molar refractivity (Wildman–Crippen MR) is 120 cm³/mol. The van der Waals surface area contributed by atoms with Gasteiger partial charge in [-0.1, -0.05) is 13.8 Å². The van der Waals surface area contributed by atoms with Crippen LogP contribution >= 0.6 is 0 Å². The van der Waals surface area contributed by atoms with E-state index in [1.54, 1.807) is 13.8 Å². The van der Waals surface area contributed by atoms with Crippen LogP contribution < -0.4 is 38.9 Å². The Morgan fingerprint density at radius 3 is 1.94 bits per heavy atom. The van der Waals surface area contributed by atoms with E-state index in [0.717, 1.165) is 0 Å². The van der Waals surface area contributed by atoms with E-state index in [0.29, 0.717) is 13.0 Å². The number of carbonyl (C=O) groups is 5. The number of guanidine groups is 1. The van der Waals surface area contributed by atoms with Crippen LogP contribution in [0.4, 0.5) is 0 Å². The Morgan fingerprint density at radius 2 is 1.45 bits per heavy atom. The minimum atomic E-state index is -1.53. The summed E-state index contributed by atoms with van der Waals surface area (Å²) in [5.74, 6) is -4.48. The van der Waals surface area contributed by atoms with Crippen molar-refractivity contribution in [2.45, 2.75) is 70.6 Å². The summed E-state index contributed by atoms with van der Waals surface area (Å²) < 4.78 is 0. The summed E-state index contributed by atoms with van der Waals surface area (Å²) in [6.07, 6.45) is 0.327. The molecule has 0 saturated carbocycles. The zero-order valence-electron chi connectivity index (χ0n) is 19.2. The number of rotatable bonds is 15. The molecule has 4 amide bonds. The number of hydrogen-bond acceptors (Lipinski definition) is 7. The molecule has 188 valence electrons. The number of aliphatic carboxylic acids is 1. The molecular formula is C19H36N8O6. The molecule has 0 aliphatic carbocycles. The normalized spacial score (nSPS) is 14.3. The highest BCUT2D eigenvalue weighted by Crippen LogP contribution is 2.07. The molecule has 4 unspecified atom stereocenters. The van der Waals surface area contributed by atoms with E-state index in [9.17, 15) is 29.1 Å². The molecule has 14 heteroatoms. The number of primary amides is 1. The Hall–Kier alpha value is -3.42. The second-order valence-electron chi connectivity index (χ2n) is 8.05. The molecule has 12 N–H and O–H groups in total. The van der Waals surface area contributed by atoms with Crippen molar-refractivity contribution in [1.29, 1.82) is 0 Å². The fourth-order valence-electron chi connectivity index (χ4n) is 2.71. The SMILES string of the molecule is CC(C)CC(NC(=O)C(C)NC(=O)C(N)CCCN=C(N)N)C(=O)NC(CC(N)=O)C(=O)O. The van der Waals surface area contributed by atoms with Gasteiger partial charge in [-0.25, -0.2) is 4.79 Å². The number of nitrogens with one attached hydrogen (secondary N) is 3. The van der Waals surface area contributed by atoms with Crippen molar-refractivity contribution in [1.82, 2.24) is 16.0 Å². The summed E-state index contributed by atoms with van der Waals surface area (Å²) in [6.45, 7) is 5.32. The maximum absolute atomic E-state index is 12.6. The second kappa shape index (κ2) is 14.6. The average Bonchev–Trinajstić information content (AvgIpc) is 2.68. The van der Waals surface area contributed by atoms with Crippen molar-refractivity contribution >= 4 is 35.6 Å². The van der Waals surface area contributed by atoms with E-state index in [2.05, 4.69) is 20.9 Å². The molecular weight excluding hydrogens is 436 g/mol. The van der Waals surface area contributed by atoms with Crippen LogP contribution in [0.3, 0.4) is 0 Å². The number of nitrogens with zero attached hydrogens (tertiary/aromatic N) is 1. The van der Waals surface area contributed by atoms with Gasteiger partial charge in [-0.15, -0.1) is 0 Å². The van der Waals surface area contributed by atoms with Crippen LogP contribution in [0.5, 0.6) is 0 Å². The third-order valence-electron chi connectivity index (χ3n) is 4.42. The largest absolute Gasteiger partial charge is 0.480 e. The Bertz CT molecular complexity index is 738. The van der Waals surface area contributed by atoms with Gasteiger partial charge in [-0.3, -0.25) is 24.2 Å². The summed E-state index contributed by atoms with van der Waals surface area (Å²) in [4.78, 5) is 63.5. The van der Waals surface area contributed by atoms with Crippen LogP contribution in [-0.4, -0.2) is 71.4 Å². The van der Waals surface area contributed by atoms with Crippen molar-refractivity contribution in [2.75, 3.05) is 6.54 Å². The molecule has 0 spiro atoms. The van der Waals surface area contributed by atoms with Crippen molar-refractivity contribution in [3.63, 3.8) is 0 Å². The minimum Gasteiger partial charge on any atom is -0.480 e. The number of nitrogens with two attached hydrogens (primary N) is 4. The zero-order chi connectivity index (χ0) is 25.7. The van der Waals surface area contributed by atoms with Gasteiger partial charge in [-0.05, 0) is 32.1 Å². The monoisotopic (exact) mass is 472 g/mol. The lowest BCUT2D eigenvalue weighted by Crippen LogP contribution is -2.56. The van der Waals surface area contributed by atoms with E-state index in [4.69, 9.17) is 22.9 Å². The standard InChI is InChI=1S/C19H36N8O6/c1-9(2)7-12(17(31)27-13(18(32)33)8-14(21)28)26-15(29)10(3)25-16(30)11(20)5-4-6-24-19(22)23/h9-13H,4-8,20H2,1-3H3,(H2,21,28)(H,25,30)(H,26,29)(H,27,31)(H,32,33)(H4,22,23,24). The number of amides is 4. The van der Waals surface area contributed by atoms with Crippen molar-refractivity contribution in [3.05, 3.63) is 0 Å². The highest BCUT2D eigenvalue weighted by atomic mass is 16.4. The lowest BCUT2D eigenvalue weighted by atomic mass is 10.0. The molecule has 14 nitrogen and oxygen atoms in total. The maximum atomic E-state index is 12.6. The molecule has 0 heterocycles. The summed E-state index contributed by atoms with van der Waals surface area (Å²) in [5, 5.41) is 16.3. The fraction of sp³-hybridized carbons (Fsp3) is 0.684. The van der Waals surface area contributed by atoms with Gasteiger partial charge >= 0.3 is 5.97 Å². The van der Waals surface area contributed by atoms with Gasteiger partial charge < -0.3 is 44.0 Å². The summed E-state index contributed by atoms with van der Waals surface area (Å²) >= 11 is 0. The molecule has 0 saturated heterocycles. The summed E-state index contributed by atoms with van der Waals surface area (Å²) in [7, 11) is 0. The van der Waals surface area contributed by atoms with Gasteiger partial charge in [0.15, 0.2) is 5.96 Å². The summed E-state index contributed by atoms with van der Waals surface area (Å²) in [6, 6.07) is -4.55. The number of hydrogen-bond donors (Lipinski definition) is 8. The molecule has 0 fully saturated rings. The molecule has 0 radical (unpaired) electrons. The van der Waals surface area contributed by atoms with E-state index in [1.165, 1.54) is 6.92 Å². The number of carboxylic acid groups (broad SMARTS) is 1. The quantitative estimate of drug-likeness (QED) is 0.0678. The first-order valence-electron chi connectivity index (χ1n) is 10.5. The van der Waals surface area contributed by atoms with Crippen LogP contribution in [-0.2, 0) is 24.0 Å². The molecule has 0 rings (SSSR count). The number of aliphatic imine (C=N–C) groups is 1. The number of carboxylic acids is 1. The second-order valence-corrected chi connectivity index (χ2v) is 8.05. The Morgan fingerprint density at radius 1 is 0.879 bits per heavy atom. The topological polar surface area (TPSA) is 258 Å².